The first kappa shape index (κ1) is 17.3. The van der Waals surface area contributed by atoms with Gasteiger partial charge in [0, 0.05) is 23.0 Å². The number of hydrogen-bond acceptors (Lipinski definition) is 3. The third-order valence-electron chi connectivity index (χ3n) is 4.58. The van der Waals surface area contributed by atoms with Gasteiger partial charge in [-0.05, 0) is 57.7 Å². The summed E-state index contributed by atoms with van der Waals surface area (Å²) in [5.74, 6) is -1.04. The number of fused-ring (bicyclic) bond motifs is 3. The van der Waals surface area contributed by atoms with Gasteiger partial charge in [-0.25, -0.2) is 9.59 Å². The molecule has 0 saturated carbocycles. The Morgan fingerprint density at radius 1 is 1.32 bits per heavy atom. The molecule has 0 fully saturated rings. The van der Waals surface area contributed by atoms with Crippen LogP contribution in [0.4, 0.5) is 4.79 Å². The molecule has 1 aromatic carbocycles. The molecule has 1 amide bonds. The molecule has 0 spiro atoms. The first-order valence-corrected chi connectivity index (χ1v) is 8.44. The number of carbonyl (C=O) groups is 2. The SMILES string of the molecule is Cc1ccc2c3c([nH]c2c1)CCC(NC(=O)OC(C)(C)C)(C(=O)O)C3. The average molecular weight is 344 g/mol. The summed E-state index contributed by atoms with van der Waals surface area (Å²) >= 11 is 0. The summed E-state index contributed by atoms with van der Waals surface area (Å²) in [6, 6.07) is 6.07. The first-order chi connectivity index (χ1) is 11.6. The molecule has 1 atom stereocenters. The fraction of sp³-hybridized carbons (Fsp3) is 0.474. The Morgan fingerprint density at radius 3 is 2.68 bits per heavy atom. The van der Waals surface area contributed by atoms with Crippen molar-refractivity contribution in [3.05, 3.63) is 35.0 Å². The lowest BCUT2D eigenvalue weighted by atomic mass is 9.79. The van der Waals surface area contributed by atoms with E-state index in [-0.39, 0.29) is 6.42 Å². The summed E-state index contributed by atoms with van der Waals surface area (Å²) in [7, 11) is 0. The number of carboxylic acid groups (broad SMARTS) is 1. The van der Waals surface area contributed by atoms with Crippen molar-refractivity contribution in [3.8, 4) is 0 Å². The van der Waals surface area contributed by atoms with Crippen molar-refractivity contribution in [2.75, 3.05) is 0 Å². The van der Waals surface area contributed by atoms with Crippen molar-refractivity contribution < 1.29 is 19.4 Å². The van der Waals surface area contributed by atoms with Gasteiger partial charge in [-0.15, -0.1) is 0 Å². The van der Waals surface area contributed by atoms with Crippen molar-refractivity contribution in [1.29, 1.82) is 0 Å². The van der Waals surface area contributed by atoms with Crippen molar-refractivity contribution in [2.24, 2.45) is 0 Å². The number of alkyl carbamates (subject to hydrolysis) is 1. The number of rotatable bonds is 2. The number of aryl methyl sites for hydroxylation is 2. The van der Waals surface area contributed by atoms with Gasteiger partial charge in [0.1, 0.15) is 11.1 Å². The van der Waals surface area contributed by atoms with Crippen molar-refractivity contribution in [3.63, 3.8) is 0 Å². The largest absolute Gasteiger partial charge is 0.479 e. The number of aliphatic carboxylic acids is 1. The number of carboxylic acids is 1. The third kappa shape index (κ3) is 3.34. The Morgan fingerprint density at radius 2 is 2.04 bits per heavy atom. The van der Waals surface area contributed by atoms with Crippen LogP contribution in [-0.4, -0.2) is 33.3 Å². The lowest BCUT2D eigenvalue weighted by Crippen LogP contribution is -2.58. The lowest BCUT2D eigenvalue weighted by molar-refractivity contribution is -0.145. The van der Waals surface area contributed by atoms with Gasteiger partial charge in [0.15, 0.2) is 0 Å². The average Bonchev–Trinajstić information content (AvgIpc) is 2.81. The molecule has 2 aromatic rings. The number of nitrogens with one attached hydrogen (secondary N) is 2. The van der Waals surface area contributed by atoms with Crippen molar-refractivity contribution >= 4 is 23.0 Å². The number of ether oxygens (including phenoxy) is 1. The van der Waals surface area contributed by atoms with E-state index in [0.29, 0.717) is 12.8 Å². The molecule has 6 heteroatoms. The number of H-pyrrole nitrogens is 1. The summed E-state index contributed by atoms with van der Waals surface area (Å²) in [5, 5.41) is 13.5. The Labute approximate surface area is 146 Å². The van der Waals surface area contributed by atoms with Crippen LogP contribution in [0.15, 0.2) is 18.2 Å². The van der Waals surface area contributed by atoms with E-state index >= 15 is 0 Å². The van der Waals surface area contributed by atoms with Gasteiger partial charge in [-0.2, -0.15) is 0 Å². The predicted molar refractivity (Wildman–Crippen MR) is 94.8 cm³/mol. The smallest absolute Gasteiger partial charge is 0.408 e. The van der Waals surface area contributed by atoms with Crippen LogP contribution >= 0.6 is 0 Å². The van der Waals surface area contributed by atoms with Crippen LogP contribution in [0.25, 0.3) is 10.9 Å². The van der Waals surface area contributed by atoms with Crippen molar-refractivity contribution in [2.45, 2.75) is 58.1 Å². The van der Waals surface area contributed by atoms with Gasteiger partial charge in [0.25, 0.3) is 0 Å². The van der Waals surface area contributed by atoms with E-state index in [4.69, 9.17) is 4.74 Å². The van der Waals surface area contributed by atoms with Crippen LogP contribution < -0.4 is 5.32 Å². The van der Waals surface area contributed by atoms with E-state index in [1.165, 1.54) is 0 Å². The molecule has 0 saturated heterocycles. The minimum atomic E-state index is -1.35. The standard InChI is InChI=1S/C19H24N2O4/c1-11-5-6-12-13-10-19(16(22)23,21-17(24)25-18(2,3)4)8-7-14(13)20-15(12)9-11/h5-6,9,20H,7-8,10H2,1-4H3,(H,21,24)(H,22,23). The number of aromatic amines is 1. The molecule has 1 aliphatic carbocycles. The molecule has 1 heterocycles. The van der Waals surface area contributed by atoms with Gasteiger partial charge < -0.3 is 20.1 Å². The molecule has 0 radical (unpaired) electrons. The van der Waals surface area contributed by atoms with Crippen LogP contribution in [0.1, 0.15) is 44.0 Å². The zero-order valence-corrected chi connectivity index (χ0v) is 15.0. The minimum Gasteiger partial charge on any atom is -0.479 e. The zero-order chi connectivity index (χ0) is 18.4. The molecule has 6 nitrogen and oxygen atoms in total. The molecule has 3 rings (SSSR count). The van der Waals surface area contributed by atoms with E-state index in [1.54, 1.807) is 20.8 Å². The van der Waals surface area contributed by atoms with Crippen LogP contribution in [0.3, 0.4) is 0 Å². The Kier molecular flexibility index (Phi) is 4.01. The lowest BCUT2D eigenvalue weighted by Gasteiger charge is -2.34. The number of aromatic nitrogens is 1. The highest BCUT2D eigenvalue weighted by Crippen LogP contribution is 2.34. The highest BCUT2D eigenvalue weighted by molar-refractivity contribution is 5.90. The summed E-state index contributed by atoms with van der Waals surface area (Å²) in [5.41, 5.74) is 2.12. The number of benzene rings is 1. The third-order valence-corrected chi connectivity index (χ3v) is 4.58. The second-order valence-electron chi connectivity index (χ2n) is 7.82. The Hall–Kier alpha value is -2.50. The molecule has 0 aliphatic heterocycles. The van der Waals surface area contributed by atoms with Crippen LogP contribution in [0.5, 0.6) is 0 Å². The van der Waals surface area contributed by atoms with E-state index in [1.807, 2.05) is 19.1 Å². The second-order valence-corrected chi connectivity index (χ2v) is 7.82. The van der Waals surface area contributed by atoms with E-state index in [2.05, 4.69) is 16.4 Å². The monoisotopic (exact) mass is 344 g/mol. The molecule has 3 N–H and O–H groups in total. The normalized spacial score (nSPS) is 20.2. The van der Waals surface area contributed by atoms with Gasteiger partial charge in [0.2, 0.25) is 0 Å². The number of hydrogen-bond donors (Lipinski definition) is 3. The molecule has 0 bridgehead atoms. The van der Waals surface area contributed by atoms with Gasteiger partial charge >= 0.3 is 12.1 Å². The summed E-state index contributed by atoms with van der Waals surface area (Å²) in [6.07, 6.45) is 0.417. The first-order valence-electron chi connectivity index (χ1n) is 8.44. The summed E-state index contributed by atoms with van der Waals surface area (Å²) < 4.78 is 5.27. The number of carbonyl (C=O) groups excluding carboxylic acids is 1. The molecule has 134 valence electrons. The quantitative estimate of drug-likeness (QED) is 0.779. The molecular weight excluding hydrogens is 320 g/mol. The molecule has 25 heavy (non-hydrogen) atoms. The fourth-order valence-corrected chi connectivity index (χ4v) is 3.41. The topological polar surface area (TPSA) is 91.4 Å². The Balaban J connectivity index is 1.94. The maximum Gasteiger partial charge on any atom is 0.408 e. The van der Waals surface area contributed by atoms with Crippen LogP contribution in [0.2, 0.25) is 0 Å². The number of amides is 1. The molecule has 1 aromatic heterocycles. The van der Waals surface area contributed by atoms with Crippen LogP contribution in [-0.2, 0) is 22.4 Å². The van der Waals surface area contributed by atoms with E-state index in [9.17, 15) is 14.7 Å². The maximum atomic E-state index is 12.2. The van der Waals surface area contributed by atoms with Crippen molar-refractivity contribution in [1.82, 2.24) is 10.3 Å². The van der Waals surface area contributed by atoms with Gasteiger partial charge in [-0.1, -0.05) is 12.1 Å². The molecular formula is C19H24N2O4. The highest BCUT2D eigenvalue weighted by Gasteiger charge is 2.44. The van der Waals surface area contributed by atoms with Crippen LogP contribution in [0, 0.1) is 6.92 Å². The highest BCUT2D eigenvalue weighted by atomic mass is 16.6. The minimum absolute atomic E-state index is 0.236. The van der Waals surface area contributed by atoms with Gasteiger partial charge in [0.05, 0.1) is 0 Å². The van der Waals surface area contributed by atoms with Gasteiger partial charge in [-0.3, -0.25) is 0 Å². The molecule has 1 unspecified atom stereocenters. The summed E-state index contributed by atoms with van der Waals surface area (Å²) in [4.78, 5) is 27.6. The second kappa shape index (κ2) is 5.79. The molecule has 1 aliphatic rings. The zero-order valence-electron chi connectivity index (χ0n) is 15.0. The van der Waals surface area contributed by atoms with E-state index in [0.717, 1.165) is 27.7 Å². The predicted octanol–water partition coefficient (Wildman–Crippen LogP) is 3.31. The maximum absolute atomic E-state index is 12.2. The Bertz CT molecular complexity index is 847. The summed E-state index contributed by atoms with van der Waals surface area (Å²) in [6.45, 7) is 7.27. The fourth-order valence-electron chi connectivity index (χ4n) is 3.41. The van der Waals surface area contributed by atoms with E-state index < -0.39 is 23.2 Å².